The first-order chi connectivity index (χ1) is 11.6. The van der Waals surface area contributed by atoms with Gasteiger partial charge in [0.1, 0.15) is 18.0 Å². The van der Waals surface area contributed by atoms with Crippen molar-refractivity contribution < 1.29 is 4.79 Å². The lowest BCUT2D eigenvalue weighted by Gasteiger charge is -2.31. The first-order valence-corrected chi connectivity index (χ1v) is 8.53. The van der Waals surface area contributed by atoms with E-state index in [2.05, 4.69) is 27.1 Å². The fraction of sp³-hybridized carbons (Fsp3) is 0.421. The number of hydrogen-bond donors (Lipinski definition) is 1. The molecule has 0 aliphatic carbocycles. The van der Waals surface area contributed by atoms with E-state index in [1.54, 1.807) is 0 Å². The fourth-order valence-electron chi connectivity index (χ4n) is 2.99. The Kier molecular flexibility index (Phi) is 5.08. The zero-order valence-electron chi connectivity index (χ0n) is 14.3. The molecule has 1 aromatic carbocycles. The van der Waals surface area contributed by atoms with Crippen molar-refractivity contribution in [2.24, 2.45) is 5.92 Å². The molecule has 0 bridgehead atoms. The highest BCUT2D eigenvalue weighted by atomic mass is 16.1. The average Bonchev–Trinajstić information content (AvgIpc) is 2.58. The minimum absolute atomic E-state index is 0.0544. The van der Waals surface area contributed by atoms with Crippen LogP contribution < -0.4 is 10.2 Å². The molecule has 5 nitrogen and oxygen atoms in total. The average molecular weight is 324 g/mol. The van der Waals surface area contributed by atoms with Crippen LogP contribution in [0.4, 0.5) is 11.6 Å². The Bertz CT molecular complexity index is 708. The van der Waals surface area contributed by atoms with Crippen molar-refractivity contribution in [2.75, 3.05) is 23.3 Å². The molecule has 1 saturated heterocycles. The zero-order valence-corrected chi connectivity index (χ0v) is 14.3. The van der Waals surface area contributed by atoms with E-state index in [0.29, 0.717) is 12.2 Å². The molecule has 2 aromatic rings. The van der Waals surface area contributed by atoms with Gasteiger partial charge >= 0.3 is 0 Å². The SMILES string of the molecule is Cc1ccccc1CC(=O)Nc1cc(N2CCC(C)CC2)ncn1. The van der Waals surface area contributed by atoms with Crippen LogP contribution in [0.25, 0.3) is 0 Å². The van der Waals surface area contributed by atoms with Crippen molar-refractivity contribution in [1.82, 2.24) is 9.97 Å². The monoisotopic (exact) mass is 324 g/mol. The number of carbonyl (C=O) groups excluding carboxylic acids is 1. The molecule has 3 rings (SSSR count). The normalized spacial score (nSPS) is 15.3. The van der Waals surface area contributed by atoms with Gasteiger partial charge in [0.15, 0.2) is 0 Å². The number of aromatic nitrogens is 2. The molecule has 1 aromatic heterocycles. The number of nitrogens with one attached hydrogen (secondary N) is 1. The highest BCUT2D eigenvalue weighted by Crippen LogP contribution is 2.22. The fourth-order valence-corrected chi connectivity index (χ4v) is 2.99. The second-order valence-corrected chi connectivity index (χ2v) is 6.58. The van der Waals surface area contributed by atoms with Gasteiger partial charge in [0.05, 0.1) is 6.42 Å². The quantitative estimate of drug-likeness (QED) is 0.938. The van der Waals surface area contributed by atoms with Crippen molar-refractivity contribution in [1.29, 1.82) is 0 Å². The van der Waals surface area contributed by atoms with Crippen molar-refractivity contribution in [3.05, 3.63) is 47.8 Å². The van der Waals surface area contributed by atoms with Gasteiger partial charge in [0.25, 0.3) is 0 Å². The number of rotatable bonds is 4. The molecule has 1 aliphatic rings. The summed E-state index contributed by atoms with van der Waals surface area (Å²) < 4.78 is 0. The van der Waals surface area contributed by atoms with Gasteiger partial charge in [-0.25, -0.2) is 9.97 Å². The Hall–Kier alpha value is -2.43. The highest BCUT2D eigenvalue weighted by molar-refractivity contribution is 5.91. The molecule has 0 spiro atoms. The number of carbonyl (C=O) groups is 1. The van der Waals surface area contributed by atoms with Crippen LogP contribution in [0.1, 0.15) is 30.9 Å². The van der Waals surface area contributed by atoms with Gasteiger partial charge in [0.2, 0.25) is 5.91 Å². The van der Waals surface area contributed by atoms with Gasteiger partial charge in [0, 0.05) is 19.2 Å². The van der Waals surface area contributed by atoms with Crippen molar-refractivity contribution >= 4 is 17.5 Å². The maximum Gasteiger partial charge on any atom is 0.229 e. The zero-order chi connectivity index (χ0) is 16.9. The Morgan fingerprint density at radius 2 is 2.00 bits per heavy atom. The molecular weight excluding hydrogens is 300 g/mol. The lowest BCUT2D eigenvalue weighted by atomic mass is 9.99. The van der Waals surface area contributed by atoms with Crippen LogP contribution >= 0.6 is 0 Å². The predicted molar refractivity (Wildman–Crippen MR) is 96.2 cm³/mol. The second kappa shape index (κ2) is 7.43. The number of aryl methyl sites for hydroxylation is 1. The molecule has 126 valence electrons. The summed E-state index contributed by atoms with van der Waals surface area (Å²) in [6, 6.07) is 9.80. The molecule has 0 unspecified atom stereocenters. The largest absolute Gasteiger partial charge is 0.356 e. The van der Waals surface area contributed by atoms with Gasteiger partial charge in [-0.3, -0.25) is 4.79 Å². The summed E-state index contributed by atoms with van der Waals surface area (Å²) >= 11 is 0. The lowest BCUT2D eigenvalue weighted by Crippen LogP contribution is -2.33. The molecule has 1 fully saturated rings. The molecule has 5 heteroatoms. The van der Waals surface area contributed by atoms with E-state index in [1.165, 1.54) is 19.2 Å². The lowest BCUT2D eigenvalue weighted by molar-refractivity contribution is -0.115. The number of anilines is 2. The first-order valence-electron chi connectivity index (χ1n) is 8.53. The predicted octanol–water partition coefficient (Wildman–Crippen LogP) is 3.20. The number of amides is 1. The summed E-state index contributed by atoms with van der Waals surface area (Å²) in [5.41, 5.74) is 2.16. The number of benzene rings is 1. The van der Waals surface area contributed by atoms with E-state index in [1.807, 2.05) is 37.3 Å². The summed E-state index contributed by atoms with van der Waals surface area (Å²) in [4.78, 5) is 23.1. The third-order valence-corrected chi connectivity index (χ3v) is 4.64. The van der Waals surface area contributed by atoms with Crippen LogP contribution in [0.2, 0.25) is 0 Å². The van der Waals surface area contributed by atoms with Gasteiger partial charge in [-0.05, 0) is 36.8 Å². The standard InChI is InChI=1S/C19H24N4O/c1-14-7-9-23(10-8-14)18-12-17(20-13-21-18)22-19(24)11-16-6-4-3-5-15(16)2/h3-6,12-14H,7-11H2,1-2H3,(H,20,21,22,24). The molecule has 0 saturated carbocycles. The molecule has 1 aliphatic heterocycles. The van der Waals surface area contributed by atoms with Gasteiger partial charge in [-0.15, -0.1) is 0 Å². The molecule has 1 amide bonds. The molecule has 0 radical (unpaired) electrons. The van der Waals surface area contributed by atoms with Crippen molar-refractivity contribution in [2.45, 2.75) is 33.1 Å². The van der Waals surface area contributed by atoms with Gasteiger partial charge in [-0.1, -0.05) is 31.2 Å². The van der Waals surface area contributed by atoms with E-state index in [9.17, 15) is 4.79 Å². The Morgan fingerprint density at radius 1 is 1.25 bits per heavy atom. The highest BCUT2D eigenvalue weighted by Gasteiger charge is 2.17. The van der Waals surface area contributed by atoms with Crippen LogP contribution in [0.15, 0.2) is 36.7 Å². The smallest absolute Gasteiger partial charge is 0.229 e. The molecule has 2 heterocycles. The van der Waals surface area contributed by atoms with E-state index >= 15 is 0 Å². The minimum atomic E-state index is -0.0544. The minimum Gasteiger partial charge on any atom is -0.356 e. The second-order valence-electron chi connectivity index (χ2n) is 6.58. The van der Waals surface area contributed by atoms with Crippen LogP contribution in [-0.2, 0) is 11.2 Å². The first kappa shape index (κ1) is 16.4. The van der Waals surface area contributed by atoms with Crippen LogP contribution in [0, 0.1) is 12.8 Å². The van der Waals surface area contributed by atoms with Gasteiger partial charge in [-0.2, -0.15) is 0 Å². The number of hydrogen-bond acceptors (Lipinski definition) is 4. The van der Waals surface area contributed by atoms with E-state index in [0.717, 1.165) is 36.0 Å². The van der Waals surface area contributed by atoms with Gasteiger partial charge < -0.3 is 10.2 Å². The maximum atomic E-state index is 12.3. The summed E-state index contributed by atoms with van der Waals surface area (Å²) in [5, 5.41) is 2.89. The molecule has 0 atom stereocenters. The van der Waals surface area contributed by atoms with E-state index < -0.39 is 0 Å². The Balaban J connectivity index is 1.64. The molecular formula is C19H24N4O. The number of nitrogens with zero attached hydrogens (tertiary/aromatic N) is 3. The number of piperidine rings is 1. The van der Waals surface area contributed by atoms with E-state index in [4.69, 9.17) is 0 Å². The summed E-state index contributed by atoms with van der Waals surface area (Å²) in [6.07, 6.45) is 4.24. The van der Waals surface area contributed by atoms with Crippen LogP contribution in [0.3, 0.4) is 0 Å². The van der Waals surface area contributed by atoms with E-state index in [-0.39, 0.29) is 5.91 Å². The van der Waals surface area contributed by atoms with Crippen LogP contribution in [0.5, 0.6) is 0 Å². The van der Waals surface area contributed by atoms with Crippen molar-refractivity contribution in [3.63, 3.8) is 0 Å². The third-order valence-electron chi connectivity index (χ3n) is 4.64. The summed E-state index contributed by atoms with van der Waals surface area (Å²) in [6.45, 7) is 6.32. The van der Waals surface area contributed by atoms with Crippen molar-refractivity contribution in [3.8, 4) is 0 Å². The molecule has 1 N–H and O–H groups in total. The summed E-state index contributed by atoms with van der Waals surface area (Å²) in [5.74, 6) is 2.18. The topological polar surface area (TPSA) is 58.1 Å². The molecule has 24 heavy (non-hydrogen) atoms. The third kappa shape index (κ3) is 4.10. The Labute approximate surface area is 143 Å². The summed E-state index contributed by atoms with van der Waals surface area (Å²) in [7, 11) is 0. The van der Waals surface area contributed by atoms with Crippen LogP contribution in [-0.4, -0.2) is 29.0 Å². The maximum absolute atomic E-state index is 12.3. The Morgan fingerprint density at radius 3 is 2.75 bits per heavy atom.